The van der Waals surface area contributed by atoms with Crippen LogP contribution in [-0.2, 0) is 0 Å². The van der Waals surface area contributed by atoms with E-state index in [0.717, 1.165) is 57.6 Å². The first kappa shape index (κ1) is 20.4. The van der Waals surface area contributed by atoms with E-state index in [1.807, 2.05) is 24.3 Å². The highest BCUT2D eigenvalue weighted by Crippen LogP contribution is 2.32. The Bertz CT molecular complexity index is 1390. The summed E-state index contributed by atoms with van der Waals surface area (Å²) < 4.78 is 6.38. The molecule has 4 heteroatoms. The molecule has 1 aliphatic heterocycles. The van der Waals surface area contributed by atoms with Crippen LogP contribution in [0.15, 0.2) is 88.3 Å². The molecule has 160 valence electrons. The van der Waals surface area contributed by atoms with Crippen LogP contribution >= 0.6 is 0 Å². The number of unbranched alkanes of at least 4 members (excludes halogenated alkanes) is 3. The lowest BCUT2D eigenvalue weighted by Gasteiger charge is -2.11. The van der Waals surface area contributed by atoms with Crippen LogP contribution in [0.3, 0.4) is 0 Å². The molecular formula is C28H28N3O+. The van der Waals surface area contributed by atoms with Crippen molar-refractivity contribution in [2.24, 2.45) is 4.99 Å². The van der Waals surface area contributed by atoms with Crippen molar-refractivity contribution in [3.8, 4) is 11.5 Å². The molecule has 1 heterocycles. The summed E-state index contributed by atoms with van der Waals surface area (Å²) in [5.74, 6) is 0.772. The molecule has 4 nitrogen and oxygen atoms in total. The summed E-state index contributed by atoms with van der Waals surface area (Å²) in [5, 5.41) is 5.42. The number of para-hydroxylation sites is 1. The largest absolute Gasteiger partial charge is 0.452 e. The van der Waals surface area contributed by atoms with E-state index in [9.17, 15) is 0 Å². The minimum atomic E-state index is 0.772. The highest BCUT2D eigenvalue weighted by Gasteiger charge is 2.16. The Morgan fingerprint density at radius 2 is 1.66 bits per heavy atom. The van der Waals surface area contributed by atoms with Crippen LogP contribution in [0.25, 0.3) is 33.3 Å². The number of quaternary nitrogens is 1. The van der Waals surface area contributed by atoms with Gasteiger partial charge in [-0.2, -0.15) is 0 Å². The van der Waals surface area contributed by atoms with E-state index < -0.39 is 0 Å². The second-order valence-corrected chi connectivity index (χ2v) is 8.22. The molecule has 0 atom stereocenters. The average Bonchev–Trinajstić information content (AvgIpc) is 2.83. The van der Waals surface area contributed by atoms with E-state index in [1.165, 1.54) is 24.6 Å². The summed E-state index contributed by atoms with van der Waals surface area (Å²) in [5.41, 5.74) is 4.82. The maximum Gasteiger partial charge on any atom is 0.159 e. The summed E-state index contributed by atoms with van der Waals surface area (Å²) in [6, 6.07) is 26.9. The number of benzene rings is 4. The van der Waals surface area contributed by atoms with Gasteiger partial charge in [-0.3, -0.25) is 10.3 Å². The topological polar surface area (TPSA) is 55.0 Å². The minimum absolute atomic E-state index is 0.772. The fraction of sp³-hybridized carbons (Fsp3) is 0.214. The molecule has 3 aromatic rings. The molecule has 32 heavy (non-hydrogen) atoms. The predicted octanol–water partition coefficient (Wildman–Crippen LogP) is 6.09. The lowest BCUT2D eigenvalue weighted by molar-refractivity contribution is -0.476. The molecule has 0 amide bonds. The maximum absolute atomic E-state index is 6.38. The molecule has 0 saturated heterocycles. The van der Waals surface area contributed by atoms with Crippen molar-refractivity contribution < 1.29 is 9.73 Å². The van der Waals surface area contributed by atoms with E-state index in [0.29, 0.717) is 0 Å². The fourth-order valence-corrected chi connectivity index (χ4v) is 4.16. The first-order chi connectivity index (χ1) is 15.8. The van der Waals surface area contributed by atoms with Gasteiger partial charge in [0.05, 0.1) is 5.36 Å². The van der Waals surface area contributed by atoms with Crippen LogP contribution in [0.2, 0.25) is 0 Å². The Kier molecular flexibility index (Phi) is 5.95. The normalized spacial score (nSPS) is 12.2. The van der Waals surface area contributed by atoms with E-state index in [4.69, 9.17) is 14.4 Å². The lowest BCUT2D eigenvalue weighted by Crippen LogP contribution is -2.71. The first-order valence-electron chi connectivity index (χ1n) is 11.5. The van der Waals surface area contributed by atoms with Gasteiger partial charge in [-0.25, -0.2) is 4.98 Å². The van der Waals surface area contributed by atoms with E-state index in [2.05, 4.69) is 66.8 Å². The predicted molar refractivity (Wildman–Crippen MR) is 130 cm³/mol. The smallest absolute Gasteiger partial charge is 0.159 e. The molecule has 2 aliphatic rings. The Morgan fingerprint density at radius 3 is 2.50 bits per heavy atom. The number of hydrogen-bond acceptors (Lipinski definition) is 3. The van der Waals surface area contributed by atoms with E-state index in [-0.39, 0.29) is 0 Å². The van der Waals surface area contributed by atoms with Crippen molar-refractivity contribution in [2.45, 2.75) is 32.6 Å². The average molecular weight is 423 g/mol. The van der Waals surface area contributed by atoms with Crippen LogP contribution in [0.5, 0.6) is 0 Å². The number of nitrogens with zero attached hydrogens (tertiary/aromatic N) is 2. The van der Waals surface area contributed by atoms with Crippen molar-refractivity contribution in [2.75, 3.05) is 6.54 Å². The zero-order valence-corrected chi connectivity index (χ0v) is 18.4. The van der Waals surface area contributed by atoms with Crippen molar-refractivity contribution in [3.05, 3.63) is 84.2 Å². The zero-order chi connectivity index (χ0) is 21.8. The van der Waals surface area contributed by atoms with Crippen LogP contribution in [0, 0.1) is 0 Å². The Labute approximate surface area is 188 Å². The van der Waals surface area contributed by atoms with Gasteiger partial charge in [0.2, 0.25) is 0 Å². The molecule has 0 fully saturated rings. The van der Waals surface area contributed by atoms with Gasteiger partial charge in [-0.1, -0.05) is 62.6 Å². The molecule has 0 bridgehead atoms. The van der Waals surface area contributed by atoms with Crippen molar-refractivity contribution in [1.82, 2.24) is 4.98 Å². The number of aromatic nitrogens is 1. The van der Waals surface area contributed by atoms with Crippen LogP contribution in [-0.4, -0.2) is 11.5 Å². The van der Waals surface area contributed by atoms with Crippen LogP contribution in [0.4, 0.5) is 11.4 Å². The summed E-state index contributed by atoms with van der Waals surface area (Å²) in [7, 11) is 0. The second kappa shape index (κ2) is 9.33. The molecule has 1 aliphatic carbocycles. The quantitative estimate of drug-likeness (QED) is 0.149. The Balaban J connectivity index is 1.59. The standard InChI is InChI=1S/C28H27N3O/c1-2-3-4-10-17-29-21-15-16-24-26(18-21)32-27-19-25(30-20-11-6-5-7-12-20)22-13-8-9-14-23(22)28(27)31-24/h5-9,11-16,18-19,30H,2-4,10,17H2,1H3/p+1. The third kappa shape index (κ3) is 4.27. The van der Waals surface area contributed by atoms with Crippen molar-refractivity contribution >= 4 is 33.2 Å². The van der Waals surface area contributed by atoms with Gasteiger partial charge in [0, 0.05) is 29.4 Å². The summed E-state index contributed by atoms with van der Waals surface area (Å²) in [6.45, 7) is 3.08. The van der Waals surface area contributed by atoms with Gasteiger partial charge < -0.3 is 4.42 Å². The Hall–Kier alpha value is -3.50. The van der Waals surface area contributed by atoms with Gasteiger partial charge in [-0.05, 0) is 36.8 Å². The maximum atomic E-state index is 6.38. The molecule has 5 rings (SSSR count). The molecule has 0 saturated carbocycles. The monoisotopic (exact) mass is 422 g/mol. The fourth-order valence-electron chi connectivity index (χ4n) is 4.16. The molecule has 3 aromatic carbocycles. The second-order valence-electron chi connectivity index (χ2n) is 8.22. The van der Waals surface area contributed by atoms with Gasteiger partial charge >= 0.3 is 0 Å². The lowest BCUT2D eigenvalue weighted by atomic mass is 10.1. The van der Waals surface area contributed by atoms with Crippen molar-refractivity contribution in [1.29, 1.82) is 0 Å². The molecule has 0 unspecified atom stereocenters. The summed E-state index contributed by atoms with van der Waals surface area (Å²) >= 11 is 0. The van der Waals surface area contributed by atoms with Crippen molar-refractivity contribution in [3.63, 3.8) is 0 Å². The highest BCUT2D eigenvalue weighted by atomic mass is 16.3. The van der Waals surface area contributed by atoms with Crippen LogP contribution in [0.1, 0.15) is 32.6 Å². The third-order valence-electron chi connectivity index (χ3n) is 5.84. The minimum Gasteiger partial charge on any atom is -0.452 e. The first-order valence-corrected chi connectivity index (χ1v) is 11.5. The van der Waals surface area contributed by atoms with E-state index >= 15 is 0 Å². The van der Waals surface area contributed by atoms with E-state index in [1.54, 1.807) is 0 Å². The van der Waals surface area contributed by atoms with Gasteiger partial charge in [0.25, 0.3) is 0 Å². The summed E-state index contributed by atoms with van der Waals surface area (Å²) in [4.78, 5) is 9.70. The van der Waals surface area contributed by atoms with Crippen LogP contribution < -0.4 is 10.7 Å². The van der Waals surface area contributed by atoms with Gasteiger partial charge in [0.15, 0.2) is 11.3 Å². The number of fused-ring (bicyclic) bond motifs is 4. The van der Waals surface area contributed by atoms with Gasteiger partial charge in [-0.15, -0.1) is 0 Å². The Morgan fingerprint density at radius 1 is 0.844 bits per heavy atom. The number of nitrogens with two attached hydrogens (primary N) is 1. The third-order valence-corrected chi connectivity index (χ3v) is 5.84. The molecule has 0 radical (unpaired) electrons. The SMILES string of the molecule is CCCCCCN=c1ccc2nc3c(cc([NH2+]c4ccccc4)c4ccccc43)oc-2c1. The zero-order valence-electron chi connectivity index (χ0n) is 18.4. The number of rotatable bonds is 7. The molecule has 2 N–H and O–H groups in total. The number of hydrogen-bond donors (Lipinski definition) is 1. The van der Waals surface area contributed by atoms with Gasteiger partial charge in [0.1, 0.15) is 22.6 Å². The summed E-state index contributed by atoms with van der Waals surface area (Å²) in [6.07, 6.45) is 4.88. The molecular weight excluding hydrogens is 394 g/mol. The molecule has 0 spiro atoms. The highest BCUT2D eigenvalue weighted by molar-refractivity contribution is 6.08. The molecule has 0 aromatic heterocycles.